The number of thiocarbonyl (C=S) groups is 1. The number of rotatable bonds is 7. The Morgan fingerprint density at radius 2 is 1.43 bits per heavy atom. The standard InChI is InChI=1S/C27H21ClN4O4S/c1-36-23-4-2-3-21(15-23)31-27(37)30-20-11-7-18(8-12-20)17-5-9-19(10-6-17)29-26(33)24-16-22(32(34)35)13-14-25(24)28/h2-16H,1H3,(H,29,33)(H2,30,31,37). The topological polar surface area (TPSA) is 106 Å². The molecule has 0 saturated heterocycles. The highest BCUT2D eigenvalue weighted by Crippen LogP contribution is 2.26. The van der Waals surface area contributed by atoms with Crippen LogP contribution in [0.3, 0.4) is 0 Å². The van der Waals surface area contributed by atoms with Crippen molar-refractivity contribution < 1.29 is 14.5 Å². The first kappa shape index (κ1) is 25.6. The first-order valence-corrected chi connectivity index (χ1v) is 11.8. The van der Waals surface area contributed by atoms with Gasteiger partial charge in [0.15, 0.2) is 5.11 Å². The summed E-state index contributed by atoms with van der Waals surface area (Å²) in [5, 5.41) is 20.6. The number of halogens is 1. The van der Waals surface area contributed by atoms with Gasteiger partial charge in [-0.2, -0.15) is 0 Å². The number of non-ortho nitro benzene ring substituents is 1. The van der Waals surface area contributed by atoms with Gasteiger partial charge >= 0.3 is 0 Å². The Kier molecular flexibility index (Phi) is 7.97. The SMILES string of the molecule is COc1cccc(NC(=S)Nc2ccc(-c3ccc(NC(=O)c4cc([N+](=O)[O-])ccc4Cl)cc3)cc2)c1. The smallest absolute Gasteiger partial charge is 0.270 e. The second-order valence-electron chi connectivity index (χ2n) is 7.84. The molecule has 37 heavy (non-hydrogen) atoms. The van der Waals surface area contributed by atoms with Gasteiger partial charge in [0.1, 0.15) is 5.75 Å². The normalized spacial score (nSPS) is 10.3. The van der Waals surface area contributed by atoms with E-state index < -0.39 is 10.8 Å². The van der Waals surface area contributed by atoms with Crippen LogP contribution in [0, 0.1) is 10.1 Å². The molecule has 1 amide bonds. The van der Waals surface area contributed by atoms with E-state index in [1.165, 1.54) is 12.1 Å². The number of amides is 1. The first-order valence-electron chi connectivity index (χ1n) is 11.0. The van der Waals surface area contributed by atoms with E-state index in [2.05, 4.69) is 16.0 Å². The van der Waals surface area contributed by atoms with Crippen molar-refractivity contribution in [1.82, 2.24) is 0 Å². The van der Waals surface area contributed by atoms with Crippen molar-refractivity contribution in [3.63, 3.8) is 0 Å². The lowest BCUT2D eigenvalue weighted by atomic mass is 10.0. The largest absolute Gasteiger partial charge is 0.497 e. The minimum Gasteiger partial charge on any atom is -0.497 e. The highest BCUT2D eigenvalue weighted by molar-refractivity contribution is 7.80. The molecule has 3 N–H and O–H groups in total. The predicted molar refractivity (Wildman–Crippen MR) is 151 cm³/mol. The second-order valence-corrected chi connectivity index (χ2v) is 8.66. The van der Waals surface area contributed by atoms with E-state index in [9.17, 15) is 14.9 Å². The number of ether oxygens (including phenoxy) is 1. The van der Waals surface area contributed by atoms with Gasteiger partial charge < -0.3 is 20.7 Å². The van der Waals surface area contributed by atoms with E-state index in [1.54, 1.807) is 19.2 Å². The number of nitro benzene ring substituents is 1. The molecule has 8 nitrogen and oxygen atoms in total. The third-order valence-electron chi connectivity index (χ3n) is 5.35. The third kappa shape index (κ3) is 6.60. The number of nitrogens with zero attached hydrogens (tertiary/aromatic N) is 1. The van der Waals surface area contributed by atoms with Crippen molar-refractivity contribution in [2.45, 2.75) is 0 Å². The van der Waals surface area contributed by atoms with Gasteiger partial charge in [-0.25, -0.2) is 0 Å². The van der Waals surface area contributed by atoms with Crippen LogP contribution in [0.1, 0.15) is 10.4 Å². The highest BCUT2D eigenvalue weighted by atomic mass is 35.5. The van der Waals surface area contributed by atoms with Crippen LogP contribution in [0.15, 0.2) is 91.0 Å². The second kappa shape index (κ2) is 11.5. The Balaban J connectivity index is 1.38. The average molecular weight is 533 g/mol. The van der Waals surface area contributed by atoms with Crippen LogP contribution >= 0.6 is 23.8 Å². The number of benzene rings is 4. The van der Waals surface area contributed by atoms with Gasteiger partial charge in [-0.05, 0) is 65.8 Å². The van der Waals surface area contributed by atoms with E-state index in [0.717, 1.165) is 34.3 Å². The van der Waals surface area contributed by atoms with Crippen molar-refractivity contribution in [2.75, 3.05) is 23.1 Å². The van der Waals surface area contributed by atoms with Crippen LogP contribution < -0.4 is 20.7 Å². The van der Waals surface area contributed by atoms with Crippen LogP contribution in [0.4, 0.5) is 22.7 Å². The molecular weight excluding hydrogens is 512 g/mol. The number of hydrogen-bond acceptors (Lipinski definition) is 5. The van der Waals surface area contributed by atoms with E-state index in [4.69, 9.17) is 28.6 Å². The maximum Gasteiger partial charge on any atom is 0.270 e. The zero-order valence-electron chi connectivity index (χ0n) is 19.5. The summed E-state index contributed by atoms with van der Waals surface area (Å²) in [7, 11) is 1.61. The lowest BCUT2D eigenvalue weighted by Crippen LogP contribution is -2.18. The maximum absolute atomic E-state index is 12.6. The van der Waals surface area contributed by atoms with E-state index in [1.807, 2.05) is 60.7 Å². The zero-order chi connectivity index (χ0) is 26.4. The molecule has 10 heteroatoms. The molecule has 0 unspecified atom stereocenters. The Bertz CT molecular complexity index is 1460. The molecule has 0 bridgehead atoms. The molecule has 0 spiro atoms. The summed E-state index contributed by atoms with van der Waals surface area (Å²) in [5.41, 5.74) is 3.90. The van der Waals surface area contributed by atoms with Gasteiger partial charge in [0, 0.05) is 35.3 Å². The molecule has 4 aromatic rings. The Labute approximate surface area is 223 Å². The van der Waals surface area contributed by atoms with Gasteiger partial charge in [-0.1, -0.05) is 41.9 Å². The van der Waals surface area contributed by atoms with Crippen molar-refractivity contribution >= 4 is 57.6 Å². The average Bonchev–Trinajstić information content (AvgIpc) is 2.89. The molecule has 0 heterocycles. The predicted octanol–water partition coefficient (Wildman–Crippen LogP) is 6.99. The molecule has 0 aliphatic carbocycles. The first-order chi connectivity index (χ1) is 17.8. The molecule has 0 fully saturated rings. The fourth-order valence-electron chi connectivity index (χ4n) is 3.49. The quantitative estimate of drug-likeness (QED) is 0.134. The lowest BCUT2D eigenvalue weighted by molar-refractivity contribution is -0.384. The Morgan fingerprint density at radius 3 is 2.03 bits per heavy atom. The zero-order valence-corrected chi connectivity index (χ0v) is 21.1. The number of nitrogens with one attached hydrogen (secondary N) is 3. The number of nitro groups is 1. The molecule has 0 aliphatic heterocycles. The van der Waals surface area contributed by atoms with Crippen LogP contribution in [-0.4, -0.2) is 23.1 Å². The summed E-state index contributed by atoms with van der Waals surface area (Å²) in [4.78, 5) is 23.0. The van der Waals surface area contributed by atoms with Crippen molar-refractivity contribution in [2.24, 2.45) is 0 Å². The maximum atomic E-state index is 12.6. The van der Waals surface area contributed by atoms with E-state index >= 15 is 0 Å². The van der Waals surface area contributed by atoms with Crippen molar-refractivity contribution in [1.29, 1.82) is 0 Å². The van der Waals surface area contributed by atoms with Crippen LogP contribution in [-0.2, 0) is 0 Å². The third-order valence-corrected chi connectivity index (χ3v) is 5.89. The molecule has 4 rings (SSSR count). The molecular formula is C27H21ClN4O4S. The minimum absolute atomic E-state index is 0.0295. The van der Waals surface area contributed by atoms with Crippen LogP contribution in [0.2, 0.25) is 5.02 Å². The van der Waals surface area contributed by atoms with E-state index in [0.29, 0.717) is 10.8 Å². The minimum atomic E-state index is -0.576. The molecule has 0 aromatic heterocycles. The van der Waals surface area contributed by atoms with Crippen LogP contribution in [0.5, 0.6) is 5.75 Å². The molecule has 186 valence electrons. The Morgan fingerprint density at radius 1 is 0.838 bits per heavy atom. The summed E-state index contributed by atoms with van der Waals surface area (Å²) < 4.78 is 5.22. The number of anilines is 3. The monoisotopic (exact) mass is 532 g/mol. The molecule has 0 aliphatic rings. The van der Waals surface area contributed by atoms with Gasteiger partial charge in [-0.15, -0.1) is 0 Å². The molecule has 4 aromatic carbocycles. The van der Waals surface area contributed by atoms with Gasteiger partial charge in [0.05, 0.1) is 22.6 Å². The lowest BCUT2D eigenvalue weighted by Gasteiger charge is -2.12. The summed E-state index contributed by atoms with van der Waals surface area (Å²) >= 11 is 11.5. The number of carbonyl (C=O) groups is 1. The number of methoxy groups -OCH3 is 1. The summed E-state index contributed by atoms with van der Waals surface area (Å²) in [6, 6.07) is 26.2. The fraction of sp³-hybridized carbons (Fsp3) is 0.0370. The number of hydrogen-bond donors (Lipinski definition) is 3. The number of carbonyl (C=O) groups excluding carboxylic acids is 1. The van der Waals surface area contributed by atoms with Gasteiger partial charge in [0.2, 0.25) is 0 Å². The summed E-state index contributed by atoms with van der Waals surface area (Å²) in [6.07, 6.45) is 0. The molecule has 0 atom stereocenters. The van der Waals surface area contributed by atoms with Crippen LogP contribution in [0.25, 0.3) is 11.1 Å². The molecule has 0 saturated carbocycles. The van der Waals surface area contributed by atoms with Gasteiger partial charge in [0.25, 0.3) is 11.6 Å². The van der Waals surface area contributed by atoms with Crippen molar-refractivity contribution in [3.05, 3.63) is 112 Å². The van der Waals surface area contributed by atoms with Gasteiger partial charge in [-0.3, -0.25) is 14.9 Å². The fourth-order valence-corrected chi connectivity index (χ4v) is 3.92. The Hall–Kier alpha value is -4.47. The summed E-state index contributed by atoms with van der Waals surface area (Å²) in [5.74, 6) is 0.200. The van der Waals surface area contributed by atoms with Crippen molar-refractivity contribution in [3.8, 4) is 16.9 Å². The summed E-state index contributed by atoms with van der Waals surface area (Å²) in [6.45, 7) is 0. The van der Waals surface area contributed by atoms with E-state index in [-0.39, 0.29) is 16.3 Å². The molecule has 0 radical (unpaired) electrons. The highest BCUT2D eigenvalue weighted by Gasteiger charge is 2.16.